The van der Waals surface area contributed by atoms with E-state index in [1.54, 1.807) is 12.1 Å². The first-order chi connectivity index (χ1) is 11.9. The van der Waals surface area contributed by atoms with Crippen LogP contribution >= 0.6 is 11.6 Å². The maximum Gasteiger partial charge on any atom is 0.132 e. The Morgan fingerprint density at radius 1 is 1.08 bits per heavy atom. The van der Waals surface area contributed by atoms with Gasteiger partial charge in [0.1, 0.15) is 16.8 Å². The molecular formula is C19H20ClFN4. The van der Waals surface area contributed by atoms with Gasteiger partial charge in [-0.05, 0) is 56.2 Å². The second-order valence-electron chi connectivity index (χ2n) is 6.28. The fourth-order valence-electron chi connectivity index (χ4n) is 2.56. The molecule has 0 saturated heterocycles. The average Bonchev–Trinajstić information content (AvgIpc) is 3.05. The Kier molecular flexibility index (Phi) is 5.04. The molecule has 0 bridgehead atoms. The summed E-state index contributed by atoms with van der Waals surface area (Å²) in [5, 5.41) is 8.08. The Morgan fingerprint density at radius 2 is 1.80 bits per heavy atom. The lowest BCUT2D eigenvalue weighted by Crippen LogP contribution is -2.08. The molecule has 1 unspecified atom stereocenters. The molecule has 3 aromatic rings. The molecule has 1 N–H and O–H groups in total. The van der Waals surface area contributed by atoms with Crippen LogP contribution in [0.1, 0.15) is 38.4 Å². The van der Waals surface area contributed by atoms with E-state index in [1.165, 1.54) is 12.1 Å². The van der Waals surface area contributed by atoms with Gasteiger partial charge in [-0.25, -0.2) is 9.37 Å². The Morgan fingerprint density at radius 3 is 2.44 bits per heavy atom. The topological polar surface area (TPSA) is 42.7 Å². The molecule has 1 aromatic carbocycles. The standard InChI is InChI=1S/C19H20ClFN4/c1-12(2)25-11-16(10-22-25)15-8-18(20)24-19(9-15)23-13(3)14-4-6-17(21)7-5-14/h4-13H,1-3H3,(H,23,24). The minimum Gasteiger partial charge on any atom is -0.363 e. The van der Waals surface area contributed by atoms with E-state index in [2.05, 4.69) is 29.2 Å². The number of nitrogens with one attached hydrogen (secondary N) is 1. The van der Waals surface area contributed by atoms with Crippen molar-refractivity contribution in [3.8, 4) is 11.1 Å². The zero-order valence-corrected chi connectivity index (χ0v) is 15.1. The van der Waals surface area contributed by atoms with Gasteiger partial charge in [0, 0.05) is 23.8 Å². The van der Waals surface area contributed by atoms with Crippen LogP contribution in [-0.2, 0) is 0 Å². The van der Waals surface area contributed by atoms with Gasteiger partial charge in [-0.3, -0.25) is 4.68 Å². The van der Waals surface area contributed by atoms with Crippen molar-refractivity contribution in [3.63, 3.8) is 0 Å². The molecule has 6 heteroatoms. The number of hydrogen-bond acceptors (Lipinski definition) is 3. The summed E-state index contributed by atoms with van der Waals surface area (Å²) >= 11 is 6.19. The van der Waals surface area contributed by atoms with Crippen molar-refractivity contribution in [1.82, 2.24) is 14.8 Å². The maximum absolute atomic E-state index is 13.1. The normalized spacial score (nSPS) is 12.4. The second kappa shape index (κ2) is 7.23. The van der Waals surface area contributed by atoms with Gasteiger partial charge in [0.25, 0.3) is 0 Å². The summed E-state index contributed by atoms with van der Waals surface area (Å²) < 4.78 is 15.0. The van der Waals surface area contributed by atoms with Gasteiger partial charge in [0.15, 0.2) is 0 Å². The number of rotatable bonds is 5. The van der Waals surface area contributed by atoms with Gasteiger partial charge in [-0.1, -0.05) is 23.7 Å². The highest BCUT2D eigenvalue weighted by atomic mass is 35.5. The summed E-state index contributed by atoms with van der Waals surface area (Å²) in [7, 11) is 0. The number of halogens is 2. The number of nitrogens with zero attached hydrogens (tertiary/aromatic N) is 3. The monoisotopic (exact) mass is 358 g/mol. The number of anilines is 1. The van der Waals surface area contributed by atoms with Gasteiger partial charge in [0.2, 0.25) is 0 Å². The molecule has 0 aliphatic rings. The highest BCUT2D eigenvalue weighted by molar-refractivity contribution is 6.29. The fourth-order valence-corrected chi connectivity index (χ4v) is 2.77. The molecule has 2 aromatic heterocycles. The third-order valence-corrected chi connectivity index (χ3v) is 4.19. The molecule has 0 fully saturated rings. The van der Waals surface area contributed by atoms with E-state index in [9.17, 15) is 4.39 Å². The van der Waals surface area contributed by atoms with Crippen LogP contribution in [0.4, 0.5) is 10.2 Å². The minimum absolute atomic E-state index is 0.0298. The van der Waals surface area contributed by atoms with Crippen LogP contribution in [0.2, 0.25) is 5.15 Å². The van der Waals surface area contributed by atoms with E-state index in [-0.39, 0.29) is 11.9 Å². The molecule has 3 rings (SSSR count). The van der Waals surface area contributed by atoms with Gasteiger partial charge < -0.3 is 5.32 Å². The molecule has 4 nitrogen and oxygen atoms in total. The van der Waals surface area contributed by atoms with Crippen molar-refractivity contribution in [3.05, 3.63) is 65.3 Å². The summed E-state index contributed by atoms with van der Waals surface area (Å²) in [6.45, 7) is 6.15. The number of benzene rings is 1. The van der Waals surface area contributed by atoms with E-state index < -0.39 is 0 Å². The molecule has 0 radical (unpaired) electrons. The third kappa shape index (κ3) is 4.17. The molecular weight excluding hydrogens is 339 g/mol. The predicted molar refractivity (Wildman–Crippen MR) is 99.3 cm³/mol. The Balaban J connectivity index is 1.84. The lowest BCUT2D eigenvalue weighted by Gasteiger charge is -2.16. The summed E-state index contributed by atoms with van der Waals surface area (Å²) in [5.74, 6) is 0.415. The molecule has 25 heavy (non-hydrogen) atoms. The molecule has 0 aliphatic carbocycles. The minimum atomic E-state index is -0.249. The first kappa shape index (κ1) is 17.4. The van der Waals surface area contributed by atoms with Gasteiger partial charge in [0.05, 0.1) is 6.20 Å². The summed E-state index contributed by atoms with van der Waals surface area (Å²) in [4.78, 5) is 4.34. The highest BCUT2D eigenvalue weighted by Gasteiger charge is 2.11. The summed E-state index contributed by atoms with van der Waals surface area (Å²) in [6.07, 6.45) is 3.81. The Bertz CT molecular complexity index is 858. The van der Waals surface area contributed by atoms with Gasteiger partial charge in [-0.15, -0.1) is 0 Å². The quantitative estimate of drug-likeness (QED) is 0.613. The fraction of sp³-hybridized carbons (Fsp3) is 0.263. The van der Waals surface area contributed by atoms with Crippen LogP contribution in [0, 0.1) is 5.82 Å². The SMILES string of the molecule is CC(Nc1cc(-c2cnn(C(C)C)c2)cc(Cl)n1)c1ccc(F)cc1. The Labute approximate surface area is 151 Å². The maximum atomic E-state index is 13.1. The molecule has 130 valence electrons. The zero-order chi connectivity index (χ0) is 18.0. The van der Waals surface area contributed by atoms with E-state index in [4.69, 9.17) is 11.6 Å². The second-order valence-corrected chi connectivity index (χ2v) is 6.67. The molecule has 1 atom stereocenters. The molecule has 0 saturated carbocycles. The zero-order valence-electron chi connectivity index (χ0n) is 14.4. The largest absolute Gasteiger partial charge is 0.363 e. The van der Waals surface area contributed by atoms with Crippen LogP contribution < -0.4 is 5.32 Å². The highest BCUT2D eigenvalue weighted by Crippen LogP contribution is 2.27. The molecule has 0 spiro atoms. The van der Waals surface area contributed by atoms with Crippen LogP contribution in [0.5, 0.6) is 0 Å². The van der Waals surface area contributed by atoms with Crippen LogP contribution in [0.3, 0.4) is 0 Å². The number of pyridine rings is 1. The van der Waals surface area contributed by atoms with E-state index in [0.29, 0.717) is 17.0 Å². The summed E-state index contributed by atoms with van der Waals surface area (Å²) in [6, 6.07) is 10.4. The smallest absolute Gasteiger partial charge is 0.132 e. The van der Waals surface area contributed by atoms with Crippen LogP contribution in [0.15, 0.2) is 48.8 Å². The van der Waals surface area contributed by atoms with Crippen molar-refractivity contribution in [2.75, 3.05) is 5.32 Å². The van der Waals surface area contributed by atoms with Crippen molar-refractivity contribution >= 4 is 17.4 Å². The van der Waals surface area contributed by atoms with E-state index >= 15 is 0 Å². The average molecular weight is 359 g/mol. The number of hydrogen-bond donors (Lipinski definition) is 1. The Hall–Kier alpha value is -2.40. The first-order valence-corrected chi connectivity index (χ1v) is 8.54. The first-order valence-electron chi connectivity index (χ1n) is 8.16. The van der Waals surface area contributed by atoms with Crippen molar-refractivity contribution in [2.45, 2.75) is 32.9 Å². The van der Waals surface area contributed by atoms with Crippen molar-refractivity contribution in [2.24, 2.45) is 0 Å². The lowest BCUT2D eigenvalue weighted by atomic mass is 10.1. The van der Waals surface area contributed by atoms with Crippen LogP contribution in [0.25, 0.3) is 11.1 Å². The van der Waals surface area contributed by atoms with E-state index in [0.717, 1.165) is 16.7 Å². The lowest BCUT2D eigenvalue weighted by molar-refractivity contribution is 0.532. The molecule has 0 aliphatic heterocycles. The third-order valence-electron chi connectivity index (χ3n) is 3.99. The van der Waals surface area contributed by atoms with Crippen molar-refractivity contribution < 1.29 is 4.39 Å². The molecule has 0 amide bonds. The molecule has 2 heterocycles. The summed E-state index contributed by atoms with van der Waals surface area (Å²) in [5.41, 5.74) is 2.90. The predicted octanol–water partition coefficient (Wildman–Crippen LogP) is 5.49. The van der Waals surface area contributed by atoms with Crippen LogP contribution in [-0.4, -0.2) is 14.8 Å². The van der Waals surface area contributed by atoms with Crippen molar-refractivity contribution in [1.29, 1.82) is 0 Å². The van der Waals surface area contributed by atoms with E-state index in [1.807, 2.05) is 36.1 Å². The number of aromatic nitrogens is 3. The van der Waals surface area contributed by atoms with Gasteiger partial charge in [-0.2, -0.15) is 5.10 Å². The van der Waals surface area contributed by atoms with Gasteiger partial charge >= 0.3 is 0 Å².